The Hall–Kier alpha value is -0.780. The third-order valence-electron chi connectivity index (χ3n) is 2.28. The predicted octanol–water partition coefficient (Wildman–Crippen LogP) is 4.40. The lowest BCUT2D eigenvalue weighted by Crippen LogP contribution is -1.72. The van der Waals surface area contributed by atoms with Crippen LogP contribution in [-0.2, 0) is 0 Å². The molecular formula is C13H20. The van der Waals surface area contributed by atoms with Crippen molar-refractivity contribution in [2.75, 3.05) is 0 Å². The van der Waals surface area contributed by atoms with E-state index < -0.39 is 0 Å². The Morgan fingerprint density at radius 2 is 0.923 bits per heavy atom. The molecule has 72 valence electrons. The van der Waals surface area contributed by atoms with E-state index in [1.807, 2.05) is 0 Å². The maximum Gasteiger partial charge on any atom is -0.0345 e. The van der Waals surface area contributed by atoms with Gasteiger partial charge in [-0.25, -0.2) is 0 Å². The van der Waals surface area contributed by atoms with Crippen molar-refractivity contribution in [3.05, 3.63) is 36.5 Å². The van der Waals surface area contributed by atoms with Crippen molar-refractivity contribution in [1.29, 1.82) is 0 Å². The van der Waals surface area contributed by atoms with Crippen molar-refractivity contribution in [1.82, 2.24) is 0 Å². The number of rotatable bonds is 0. The zero-order chi connectivity index (χ0) is 9.19. The van der Waals surface area contributed by atoms with Gasteiger partial charge in [-0.1, -0.05) is 36.5 Å². The fourth-order valence-corrected chi connectivity index (χ4v) is 1.46. The molecular weight excluding hydrogens is 156 g/mol. The van der Waals surface area contributed by atoms with Crippen LogP contribution in [0, 0.1) is 0 Å². The van der Waals surface area contributed by atoms with Crippen molar-refractivity contribution in [2.24, 2.45) is 0 Å². The molecule has 1 rings (SSSR count). The summed E-state index contributed by atoms with van der Waals surface area (Å²) in [6, 6.07) is 0. The summed E-state index contributed by atoms with van der Waals surface area (Å²) in [4.78, 5) is 0. The van der Waals surface area contributed by atoms with Gasteiger partial charge in [0.05, 0.1) is 0 Å². The second-order valence-corrected chi connectivity index (χ2v) is 3.54. The average molecular weight is 176 g/mol. The van der Waals surface area contributed by atoms with E-state index in [-0.39, 0.29) is 0 Å². The Morgan fingerprint density at radius 1 is 0.462 bits per heavy atom. The van der Waals surface area contributed by atoms with Crippen LogP contribution in [0.3, 0.4) is 0 Å². The summed E-state index contributed by atoms with van der Waals surface area (Å²) >= 11 is 0. The van der Waals surface area contributed by atoms with Crippen molar-refractivity contribution in [3.63, 3.8) is 0 Å². The lowest BCUT2D eigenvalue weighted by molar-refractivity contribution is 0.759. The average Bonchev–Trinajstić information content (AvgIpc) is 2.18. The number of hydrogen-bond acceptors (Lipinski definition) is 0. The van der Waals surface area contributed by atoms with Gasteiger partial charge >= 0.3 is 0 Å². The molecule has 0 aromatic heterocycles. The summed E-state index contributed by atoms with van der Waals surface area (Å²) in [5, 5.41) is 0. The molecule has 0 N–H and O–H groups in total. The highest BCUT2D eigenvalue weighted by molar-refractivity contribution is 5.02. The van der Waals surface area contributed by atoms with E-state index in [2.05, 4.69) is 36.5 Å². The molecule has 0 heterocycles. The van der Waals surface area contributed by atoms with Crippen LogP contribution >= 0.6 is 0 Å². The first-order chi connectivity index (χ1) is 6.50. The van der Waals surface area contributed by atoms with Gasteiger partial charge in [-0.15, -0.1) is 0 Å². The standard InChI is InChI=1S/C13H20/c1-2-4-6-8-10-12-13-11-9-7-5-3-1/h1-4,11,13H,5-10,12H2/b3-1+,4-2+,13-11-. The van der Waals surface area contributed by atoms with Crippen LogP contribution in [0.4, 0.5) is 0 Å². The smallest absolute Gasteiger partial charge is 0.0345 e. The van der Waals surface area contributed by atoms with E-state index in [1.165, 1.54) is 44.9 Å². The molecule has 0 aromatic carbocycles. The third-order valence-corrected chi connectivity index (χ3v) is 2.28. The molecule has 0 fully saturated rings. The fourth-order valence-electron chi connectivity index (χ4n) is 1.46. The first-order valence-electron chi connectivity index (χ1n) is 5.47. The van der Waals surface area contributed by atoms with E-state index >= 15 is 0 Å². The van der Waals surface area contributed by atoms with Gasteiger partial charge in [-0.3, -0.25) is 0 Å². The molecule has 0 aromatic rings. The van der Waals surface area contributed by atoms with Crippen LogP contribution in [0.1, 0.15) is 44.9 Å². The molecule has 0 bridgehead atoms. The molecule has 0 saturated carbocycles. The number of hydrogen-bond donors (Lipinski definition) is 0. The minimum absolute atomic E-state index is 1.22. The van der Waals surface area contributed by atoms with E-state index in [1.54, 1.807) is 0 Å². The van der Waals surface area contributed by atoms with Gasteiger partial charge in [0.15, 0.2) is 0 Å². The van der Waals surface area contributed by atoms with Gasteiger partial charge in [0, 0.05) is 0 Å². The Labute approximate surface area is 82.0 Å². The van der Waals surface area contributed by atoms with Crippen LogP contribution < -0.4 is 0 Å². The monoisotopic (exact) mass is 176 g/mol. The molecule has 0 aliphatic heterocycles. The summed E-state index contributed by atoms with van der Waals surface area (Å²) in [5.74, 6) is 0. The zero-order valence-electron chi connectivity index (χ0n) is 8.41. The molecule has 0 unspecified atom stereocenters. The maximum atomic E-state index is 2.34. The SMILES string of the molecule is C1=C\CCCC/C=C/C=C/CCC/1. The van der Waals surface area contributed by atoms with Crippen molar-refractivity contribution < 1.29 is 0 Å². The van der Waals surface area contributed by atoms with Crippen LogP contribution in [-0.4, -0.2) is 0 Å². The molecule has 0 amide bonds. The van der Waals surface area contributed by atoms with Crippen LogP contribution in [0.25, 0.3) is 0 Å². The highest BCUT2D eigenvalue weighted by Crippen LogP contribution is 2.05. The molecule has 0 nitrogen and oxygen atoms in total. The van der Waals surface area contributed by atoms with Gasteiger partial charge in [-0.2, -0.15) is 0 Å². The first kappa shape index (κ1) is 10.3. The minimum Gasteiger partial charge on any atom is -0.0885 e. The minimum atomic E-state index is 1.22. The Kier molecular flexibility index (Phi) is 6.22. The van der Waals surface area contributed by atoms with Crippen molar-refractivity contribution in [2.45, 2.75) is 44.9 Å². The van der Waals surface area contributed by atoms with E-state index in [0.29, 0.717) is 0 Å². The van der Waals surface area contributed by atoms with E-state index in [4.69, 9.17) is 0 Å². The molecule has 0 saturated heterocycles. The summed E-state index contributed by atoms with van der Waals surface area (Å²) in [7, 11) is 0. The first-order valence-corrected chi connectivity index (χ1v) is 5.47. The van der Waals surface area contributed by atoms with Crippen molar-refractivity contribution in [3.8, 4) is 0 Å². The fraction of sp³-hybridized carbons (Fsp3) is 0.538. The molecule has 0 atom stereocenters. The molecule has 1 aliphatic carbocycles. The molecule has 1 aliphatic rings. The third kappa shape index (κ3) is 6.39. The van der Waals surface area contributed by atoms with Crippen LogP contribution in [0.2, 0.25) is 0 Å². The normalized spacial score (nSPS) is 27.7. The molecule has 0 radical (unpaired) electrons. The van der Waals surface area contributed by atoms with Gasteiger partial charge in [0.2, 0.25) is 0 Å². The molecule has 0 spiro atoms. The van der Waals surface area contributed by atoms with Crippen molar-refractivity contribution >= 4 is 0 Å². The second kappa shape index (κ2) is 7.85. The Bertz CT molecular complexity index is 184. The zero-order valence-corrected chi connectivity index (χ0v) is 8.41. The van der Waals surface area contributed by atoms with Gasteiger partial charge in [0.25, 0.3) is 0 Å². The Morgan fingerprint density at radius 3 is 1.62 bits per heavy atom. The van der Waals surface area contributed by atoms with Gasteiger partial charge in [-0.05, 0) is 44.9 Å². The second-order valence-electron chi connectivity index (χ2n) is 3.54. The van der Waals surface area contributed by atoms with E-state index in [0.717, 1.165) is 0 Å². The molecule has 13 heavy (non-hydrogen) atoms. The topological polar surface area (TPSA) is 0 Å². The number of allylic oxidation sites excluding steroid dienone is 6. The highest BCUT2D eigenvalue weighted by atomic mass is 13.9. The van der Waals surface area contributed by atoms with Gasteiger partial charge in [0.1, 0.15) is 0 Å². The lowest BCUT2D eigenvalue weighted by atomic mass is 10.1. The summed E-state index contributed by atoms with van der Waals surface area (Å²) in [5.41, 5.74) is 0. The van der Waals surface area contributed by atoms with Gasteiger partial charge < -0.3 is 0 Å². The molecule has 0 heteroatoms. The highest BCUT2D eigenvalue weighted by Gasteiger charge is 1.85. The van der Waals surface area contributed by atoms with E-state index in [9.17, 15) is 0 Å². The predicted molar refractivity (Wildman–Crippen MR) is 59.7 cm³/mol. The van der Waals surface area contributed by atoms with Crippen LogP contribution in [0.5, 0.6) is 0 Å². The quantitative estimate of drug-likeness (QED) is 0.480. The largest absolute Gasteiger partial charge is 0.0885 e. The Balaban J connectivity index is 2.28. The maximum absolute atomic E-state index is 2.34. The summed E-state index contributed by atoms with van der Waals surface area (Å²) in [6.07, 6.45) is 22.5. The lowest BCUT2D eigenvalue weighted by Gasteiger charge is -1.92. The summed E-state index contributed by atoms with van der Waals surface area (Å²) < 4.78 is 0. The van der Waals surface area contributed by atoms with Crippen LogP contribution in [0.15, 0.2) is 36.5 Å². The summed E-state index contributed by atoms with van der Waals surface area (Å²) in [6.45, 7) is 0.